The summed E-state index contributed by atoms with van der Waals surface area (Å²) in [5.74, 6) is -0.250. The zero-order chi connectivity index (χ0) is 19.8. The minimum atomic E-state index is -0.435. The van der Waals surface area contributed by atoms with Crippen LogP contribution < -0.4 is 10.6 Å². The highest BCUT2D eigenvalue weighted by Crippen LogP contribution is 2.23. The van der Waals surface area contributed by atoms with Crippen LogP contribution in [0.3, 0.4) is 0 Å². The normalized spacial score (nSPS) is 11.9. The zero-order valence-corrected chi connectivity index (χ0v) is 16.2. The van der Waals surface area contributed by atoms with Gasteiger partial charge in [-0.25, -0.2) is 0 Å². The number of carbonyl (C=O) groups excluding carboxylic acids is 2. The molecule has 0 radical (unpaired) electrons. The molecule has 0 unspecified atom stereocenters. The highest BCUT2D eigenvalue weighted by molar-refractivity contribution is 5.94. The van der Waals surface area contributed by atoms with Gasteiger partial charge in [-0.1, -0.05) is 57.2 Å². The van der Waals surface area contributed by atoms with E-state index in [0.717, 1.165) is 16.7 Å². The van der Waals surface area contributed by atoms with E-state index < -0.39 is 6.10 Å². The molecule has 0 aliphatic rings. The maximum Gasteiger partial charge on any atom is 0.251 e. The summed E-state index contributed by atoms with van der Waals surface area (Å²) in [4.78, 5) is 23.6. The monoisotopic (exact) mass is 368 g/mol. The predicted octanol–water partition coefficient (Wildman–Crippen LogP) is 3.30. The average molecular weight is 368 g/mol. The molecule has 2 rings (SSSR count). The highest BCUT2D eigenvalue weighted by atomic mass is 16.3. The van der Waals surface area contributed by atoms with Gasteiger partial charge in [0.15, 0.2) is 0 Å². The SMILES string of the molecule is CC[C@H](O)c1ccc(-c2ccc(C(=O)NCCNC(=O)C(C)C)cc2)cc1. The van der Waals surface area contributed by atoms with Crippen molar-refractivity contribution >= 4 is 11.8 Å². The lowest BCUT2D eigenvalue weighted by Gasteiger charge is -2.10. The van der Waals surface area contributed by atoms with Gasteiger partial charge in [0, 0.05) is 24.6 Å². The van der Waals surface area contributed by atoms with Crippen molar-refractivity contribution in [3.8, 4) is 11.1 Å². The molecule has 0 fully saturated rings. The van der Waals surface area contributed by atoms with Gasteiger partial charge in [-0.15, -0.1) is 0 Å². The van der Waals surface area contributed by atoms with Crippen molar-refractivity contribution in [3.63, 3.8) is 0 Å². The van der Waals surface area contributed by atoms with Crippen LogP contribution in [-0.2, 0) is 4.79 Å². The molecule has 0 aromatic heterocycles. The van der Waals surface area contributed by atoms with Gasteiger partial charge in [-0.05, 0) is 35.2 Å². The van der Waals surface area contributed by atoms with Crippen molar-refractivity contribution in [2.45, 2.75) is 33.3 Å². The first-order valence-electron chi connectivity index (χ1n) is 9.36. The van der Waals surface area contributed by atoms with Crippen LogP contribution in [0.1, 0.15) is 49.2 Å². The standard InChI is InChI=1S/C22H28N2O3/c1-4-20(25)18-9-5-16(6-10-18)17-7-11-19(12-8-17)22(27)24-14-13-23-21(26)15(2)3/h5-12,15,20,25H,4,13-14H2,1-3H3,(H,23,26)(H,24,27)/t20-/m0/s1. The van der Waals surface area contributed by atoms with Crippen molar-refractivity contribution in [2.24, 2.45) is 5.92 Å². The van der Waals surface area contributed by atoms with Gasteiger partial charge in [0.1, 0.15) is 0 Å². The fourth-order valence-corrected chi connectivity index (χ4v) is 2.62. The van der Waals surface area contributed by atoms with E-state index in [1.54, 1.807) is 12.1 Å². The van der Waals surface area contributed by atoms with E-state index in [-0.39, 0.29) is 17.7 Å². The van der Waals surface area contributed by atoms with Crippen molar-refractivity contribution in [3.05, 3.63) is 59.7 Å². The van der Waals surface area contributed by atoms with E-state index in [1.165, 1.54) is 0 Å². The van der Waals surface area contributed by atoms with Gasteiger partial charge < -0.3 is 15.7 Å². The first-order valence-corrected chi connectivity index (χ1v) is 9.36. The molecule has 2 amide bonds. The molecule has 0 aliphatic carbocycles. The molecule has 5 nitrogen and oxygen atoms in total. The third-order valence-electron chi connectivity index (χ3n) is 4.40. The number of rotatable bonds is 8. The van der Waals surface area contributed by atoms with Crippen molar-refractivity contribution < 1.29 is 14.7 Å². The van der Waals surface area contributed by atoms with Crippen molar-refractivity contribution in [1.29, 1.82) is 0 Å². The molecular formula is C22H28N2O3. The summed E-state index contributed by atoms with van der Waals surface area (Å²) in [7, 11) is 0. The third-order valence-corrected chi connectivity index (χ3v) is 4.40. The van der Waals surface area contributed by atoms with Crippen LogP contribution in [0.2, 0.25) is 0 Å². The molecule has 1 atom stereocenters. The summed E-state index contributed by atoms with van der Waals surface area (Å²) in [5.41, 5.74) is 3.52. The fourth-order valence-electron chi connectivity index (χ4n) is 2.62. The lowest BCUT2D eigenvalue weighted by molar-refractivity contribution is -0.123. The van der Waals surface area contributed by atoms with Crippen LogP contribution in [0.15, 0.2) is 48.5 Å². The molecule has 144 valence electrons. The summed E-state index contributed by atoms with van der Waals surface area (Å²) in [6.45, 7) is 6.40. The summed E-state index contributed by atoms with van der Waals surface area (Å²) in [6.07, 6.45) is 0.250. The summed E-state index contributed by atoms with van der Waals surface area (Å²) >= 11 is 0. The van der Waals surface area contributed by atoms with Crippen LogP contribution in [0.25, 0.3) is 11.1 Å². The maximum atomic E-state index is 12.2. The van der Waals surface area contributed by atoms with Crippen LogP contribution in [0.5, 0.6) is 0 Å². The van der Waals surface area contributed by atoms with Gasteiger partial charge in [-0.2, -0.15) is 0 Å². The largest absolute Gasteiger partial charge is 0.388 e. The molecule has 27 heavy (non-hydrogen) atoms. The molecule has 2 aromatic carbocycles. The Morgan fingerprint density at radius 1 is 0.889 bits per heavy atom. The Balaban J connectivity index is 1.90. The smallest absolute Gasteiger partial charge is 0.251 e. The number of aliphatic hydroxyl groups excluding tert-OH is 1. The van der Waals surface area contributed by atoms with E-state index in [2.05, 4.69) is 10.6 Å². The second-order valence-corrected chi connectivity index (χ2v) is 6.83. The number of hydrogen-bond donors (Lipinski definition) is 3. The Kier molecular flexibility index (Phi) is 7.55. The number of amides is 2. The van der Waals surface area contributed by atoms with E-state index >= 15 is 0 Å². The Hall–Kier alpha value is -2.66. The Bertz CT molecular complexity index is 752. The van der Waals surface area contributed by atoms with E-state index in [4.69, 9.17) is 0 Å². The second-order valence-electron chi connectivity index (χ2n) is 6.83. The van der Waals surface area contributed by atoms with Crippen molar-refractivity contribution in [1.82, 2.24) is 10.6 Å². The molecule has 2 aromatic rings. The van der Waals surface area contributed by atoms with E-state index in [0.29, 0.717) is 25.1 Å². The molecule has 0 heterocycles. The minimum absolute atomic E-state index is 0.0222. The molecule has 5 heteroatoms. The number of nitrogens with one attached hydrogen (secondary N) is 2. The zero-order valence-electron chi connectivity index (χ0n) is 16.2. The Labute approximate surface area is 160 Å². The molecule has 0 aliphatic heterocycles. The van der Waals surface area contributed by atoms with E-state index in [1.807, 2.05) is 57.2 Å². The molecule has 0 bridgehead atoms. The van der Waals surface area contributed by atoms with Gasteiger partial charge in [-0.3, -0.25) is 9.59 Å². The highest BCUT2D eigenvalue weighted by Gasteiger charge is 2.08. The van der Waals surface area contributed by atoms with Gasteiger partial charge in [0.25, 0.3) is 5.91 Å². The van der Waals surface area contributed by atoms with Crippen LogP contribution in [0, 0.1) is 5.92 Å². The summed E-state index contributed by atoms with van der Waals surface area (Å²) < 4.78 is 0. The van der Waals surface area contributed by atoms with Crippen LogP contribution >= 0.6 is 0 Å². The van der Waals surface area contributed by atoms with Crippen LogP contribution in [0.4, 0.5) is 0 Å². The number of benzene rings is 2. The second kappa shape index (κ2) is 9.88. The third kappa shape index (κ3) is 5.93. The van der Waals surface area contributed by atoms with Gasteiger partial charge >= 0.3 is 0 Å². The molecule has 0 spiro atoms. The Morgan fingerprint density at radius 2 is 1.41 bits per heavy atom. The Morgan fingerprint density at radius 3 is 1.93 bits per heavy atom. The number of hydrogen-bond acceptors (Lipinski definition) is 3. The van der Waals surface area contributed by atoms with E-state index in [9.17, 15) is 14.7 Å². The first-order chi connectivity index (χ1) is 12.9. The minimum Gasteiger partial charge on any atom is -0.388 e. The topological polar surface area (TPSA) is 78.4 Å². The van der Waals surface area contributed by atoms with Gasteiger partial charge in [0.2, 0.25) is 5.91 Å². The molecular weight excluding hydrogens is 340 g/mol. The first kappa shape index (κ1) is 20.6. The van der Waals surface area contributed by atoms with Crippen LogP contribution in [-0.4, -0.2) is 30.0 Å². The fraction of sp³-hybridized carbons (Fsp3) is 0.364. The van der Waals surface area contributed by atoms with Crippen molar-refractivity contribution in [2.75, 3.05) is 13.1 Å². The molecule has 3 N–H and O–H groups in total. The lowest BCUT2D eigenvalue weighted by Crippen LogP contribution is -2.36. The summed E-state index contributed by atoms with van der Waals surface area (Å²) in [6, 6.07) is 15.2. The number of aliphatic hydroxyl groups is 1. The molecule has 0 saturated carbocycles. The number of carbonyl (C=O) groups is 2. The maximum absolute atomic E-state index is 12.2. The molecule has 0 saturated heterocycles. The predicted molar refractivity (Wildman–Crippen MR) is 107 cm³/mol. The quantitative estimate of drug-likeness (QED) is 0.626. The summed E-state index contributed by atoms with van der Waals surface area (Å²) in [5, 5.41) is 15.4. The average Bonchev–Trinajstić information content (AvgIpc) is 2.70. The van der Waals surface area contributed by atoms with Gasteiger partial charge in [0.05, 0.1) is 6.10 Å². The lowest BCUT2D eigenvalue weighted by atomic mass is 10.00.